The van der Waals surface area contributed by atoms with Crippen LogP contribution < -0.4 is 0 Å². The first-order valence-corrected chi connectivity index (χ1v) is 5.65. The summed E-state index contributed by atoms with van der Waals surface area (Å²) in [6.45, 7) is 1.86. The topological polar surface area (TPSA) is 20.2 Å². The Labute approximate surface area is 95.4 Å². The van der Waals surface area contributed by atoms with Crippen LogP contribution in [0.4, 0.5) is 0 Å². The van der Waals surface area contributed by atoms with Gasteiger partial charge in [0.15, 0.2) is 0 Å². The van der Waals surface area contributed by atoms with Crippen LogP contribution in [0.3, 0.4) is 0 Å². The average Bonchev–Trinajstić information content (AvgIpc) is 2.63. The van der Waals surface area contributed by atoms with E-state index in [2.05, 4.69) is 36.4 Å². The van der Waals surface area contributed by atoms with E-state index in [4.69, 9.17) is 0 Å². The van der Waals surface area contributed by atoms with Crippen molar-refractivity contribution < 1.29 is 5.11 Å². The molecule has 0 unspecified atom stereocenters. The molecule has 1 atom stereocenters. The smallest absolute Gasteiger partial charge is 0.0621 e. The number of hydrogen-bond donors (Lipinski definition) is 1. The molecule has 1 nitrogen and oxygen atoms in total. The van der Waals surface area contributed by atoms with Crippen LogP contribution in [0.25, 0.3) is 11.1 Å². The lowest BCUT2D eigenvalue weighted by molar-refractivity contribution is 0.178. The third kappa shape index (κ3) is 1.22. The van der Waals surface area contributed by atoms with Gasteiger partial charge in [-0.05, 0) is 29.2 Å². The molecule has 1 aliphatic rings. The molecule has 0 aliphatic heterocycles. The van der Waals surface area contributed by atoms with Gasteiger partial charge in [-0.2, -0.15) is 0 Å². The molecule has 1 N–H and O–H groups in total. The molecule has 0 bridgehead atoms. The third-order valence-corrected chi connectivity index (χ3v) is 3.36. The van der Waals surface area contributed by atoms with Crippen molar-refractivity contribution in [3.8, 4) is 11.1 Å². The van der Waals surface area contributed by atoms with Gasteiger partial charge in [0.1, 0.15) is 0 Å². The van der Waals surface area contributed by atoms with Crippen molar-refractivity contribution in [2.45, 2.75) is 18.9 Å². The van der Waals surface area contributed by atoms with Crippen LogP contribution in [0.2, 0.25) is 0 Å². The lowest BCUT2D eigenvalue weighted by atomic mass is 9.92. The van der Waals surface area contributed by atoms with E-state index in [1.165, 1.54) is 22.3 Å². The first-order valence-electron chi connectivity index (χ1n) is 5.65. The zero-order valence-corrected chi connectivity index (χ0v) is 9.22. The molecule has 2 aromatic rings. The molecular formula is C15H14O. The van der Waals surface area contributed by atoms with E-state index in [0.29, 0.717) is 0 Å². The van der Waals surface area contributed by atoms with Gasteiger partial charge >= 0.3 is 0 Å². The van der Waals surface area contributed by atoms with Gasteiger partial charge < -0.3 is 5.11 Å². The van der Waals surface area contributed by atoms with Crippen LogP contribution in [0.1, 0.15) is 24.0 Å². The summed E-state index contributed by atoms with van der Waals surface area (Å²) in [5.74, 6) is 0.132. The number of hydrogen-bond acceptors (Lipinski definition) is 1. The predicted octanol–water partition coefficient (Wildman–Crippen LogP) is 3.18. The van der Waals surface area contributed by atoms with Gasteiger partial charge in [-0.3, -0.25) is 0 Å². The number of aliphatic hydroxyl groups excluding tert-OH is 1. The first-order chi connectivity index (χ1) is 7.79. The van der Waals surface area contributed by atoms with E-state index < -0.39 is 0 Å². The average molecular weight is 210 g/mol. The van der Waals surface area contributed by atoms with E-state index >= 15 is 0 Å². The van der Waals surface area contributed by atoms with Crippen molar-refractivity contribution in [1.29, 1.82) is 0 Å². The van der Waals surface area contributed by atoms with Gasteiger partial charge in [0.05, 0.1) is 6.10 Å². The van der Waals surface area contributed by atoms with Gasteiger partial charge in [-0.25, -0.2) is 0 Å². The number of fused-ring (bicyclic) bond motifs is 3. The Morgan fingerprint density at radius 1 is 0.875 bits per heavy atom. The summed E-state index contributed by atoms with van der Waals surface area (Å²) >= 11 is 0. The Bertz CT molecular complexity index is 483. The molecule has 0 saturated heterocycles. The van der Waals surface area contributed by atoms with E-state index in [1.54, 1.807) is 0 Å². The van der Waals surface area contributed by atoms with Gasteiger partial charge in [-0.1, -0.05) is 48.5 Å². The van der Waals surface area contributed by atoms with Gasteiger partial charge in [-0.15, -0.1) is 0 Å². The minimum absolute atomic E-state index is 0.132. The SMILES string of the molecule is C[C@@H](O)C1c2ccccc2-c2ccccc21. The number of rotatable bonds is 1. The fraction of sp³-hybridized carbons (Fsp3) is 0.200. The van der Waals surface area contributed by atoms with E-state index in [0.717, 1.165) is 0 Å². The highest BCUT2D eigenvalue weighted by molar-refractivity contribution is 5.78. The van der Waals surface area contributed by atoms with Gasteiger partial charge in [0, 0.05) is 5.92 Å². The standard InChI is InChI=1S/C15H14O/c1-10(16)15-13-8-4-2-6-11(13)12-7-3-5-9-14(12)15/h2-10,15-16H,1H3/t10-/m1/s1. The first kappa shape index (κ1) is 9.61. The van der Waals surface area contributed by atoms with Crippen molar-refractivity contribution in [1.82, 2.24) is 0 Å². The monoisotopic (exact) mass is 210 g/mol. The summed E-state index contributed by atoms with van der Waals surface area (Å²) in [7, 11) is 0. The fourth-order valence-corrected chi connectivity index (χ4v) is 2.71. The zero-order valence-electron chi connectivity index (χ0n) is 9.22. The Balaban J connectivity index is 2.30. The summed E-state index contributed by atoms with van der Waals surface area (Å²) in [4.78, 5) is 0. The van der Waals surface area contributed by atoms with E-state index in [9.17, 15) is 5.11 Å². The minimum Gasteiger partial charge on any atom is -0.392 e. The van der Waals surface area contributed by atoms with Gasteiger partial charge in [0.25, 0.3) is 0 Å². The summed E-state index contributed by atoms with van der Waals surface area (Å²) in [6.07, 6.45) is -0.343. The summed E-state index contributed by atoms with van der Waals surface area (Å²) in [5, 5.41) is 9.95. The van der Waals surface area contributed by atoms with Crippen LogP contribution in [0, 0.1) is 0 Å². The summed E-state index contributed by atoms with van der Waals surface area (Å²) in [6, 6.07) is 16.7. The molecular weight excluding hydrogens is 196 g/mol. The van der Waals surface area contributed by atoms with Crippen molar-refractivity contribution >= 4 is 0 Å². The van der Waals surface area contributed by atoms with Crippen LogP contribution in [0.5, 0.6) is 0 Å². The van der Waals surface area contributed by atoms with Crippen molar-refractivity contribution in [3.63, 3.8) is 0 Å². The molecule has 0 aromatic heterocycles. The van der Waals surface area contributed by atoms with Crippen LogP contribution in [-0.4, -0.2) is 11.2 Å². The van der Waals surface area contributed by atoms with Crippen molar-refractivity contribution in [2.75, 3.05) is 0 Å². The van der Waals surface area contributed by atoms with E-state index in [-0.39, 0.29) is 12.0 Å². The maximum atomic E-state index is 9.95. The fourth-order valence-electron chi connectivity index (χ4n) is 2.71. The quantitative estimate of drug-likeness (QED) is 0.766. The Hall–Kier alpha value is -1.60. The Morgan fingerprint density at radius 2 is 1.31 bits per heavy atom. The number of aliphatic hydroxyl groups is 1. The predicted molar refractivity (Wildman–Crippen MR) is 65.4 cm³/mol. The highest BCUT2D eigenvalue weighted by Gasteiger charge is 2.30. The second-order valence-electron chi connectivity index (χ2n) is 4.39. The molecule has 80 valence electrons. The summed E-state index contributed by atoms with van der Waals surface area (Å²) < 4.78 is 0. The summed E-state index contributed by atoms with van der Waals surface area (Å²) in [5.41, 5.74) is 5.03. The lowest BCUT2D eigenvalue weighted by Crippen LogP contribution is -2.13. The maximum absolute atomic E-state index is 9.95. The highest BCUT2D eigenvalue weighted by atomic mass is 16.3. The second-order valence-corrected chi connectivity index (χ2v) is 4.39. The molecule has 0 fully saturated rings. The largest absolute Gasteiger partial charge is 0.392 e. The zero-order chi connectivity index (χ0) is 11.1. The van der Waals surface area contributed by atoms with Gasteiger partial charge in [0.2, 0.25) is 0 Å². The molecule has 0 heterocycles. The number of benzene rings is 2. The minimum atomic E-state index is -0.343. The Morgan fingerprint density at radius 3 is 1.75 bits per heavy atom. The molecule has 16 heavy (non-hydrogen) atoms. The van der Waals surface area contributed by atoms with Crippen molar-refractivity contribution in [3.05, 3.63) is 59.7 Å². The highest BCUT2D eigenvalue weighted by Crippen LogP contribution is 2.45. The molecule has 1 heteroatoms. The molecule has 0 amide bonds. The molecule has 3 rings (SSSR count). The lowest BCUT2D eigenvalue weighted by Gasteiger charge is -2.16. The van der Waals surface area contributed by atoms with Crippen LogP contribution in [0.15, 0.2) is 48.5 Å². The molecule has 1 aliphatic carbocycles. The van der Waals surface area contributed by atoms with Crippen molar-refractivity contribution in [2.24, 2.45) is 0 Å². The van der Waals surface area contributed by atoms with Crippen LogP contribution in [-0.2, 0) is 0 Å². The van der Waals surface area contributed by atoms with Crippen LogP contribution >= 0.6 is 0 Å². The maximum Gasteiger partial charge on any atom is 0.0621 e. The second kappa shape index (κ2) is 3.46. The molecule has 2 aromatic carbocycles. The van der Waals surface area contributed by atoms with E-state index in [1.807, 2.05) is 19.1 Å². The Kier molecular flexibility index (Phi) is 2.08. The molecule has 0 saturated carbocycles. The molecule has 0 spiro atoms. The third-order valence-electron chi connectivity index (χ3n) is 3.36. The normalized spacial score (nSPS) is 15.6. The molecule has 0 radical (unpaired) electrons.